The summed E-state index contributed by atoms with van der Waals surface area (Å²) >= 11 is 0. The zero-order valence-electron chi connectivity index (χ0n) is 11.7. The molecule has 0 bridgehead atoms. The maximum atomic E-state index is 5.80. The highest BCUT2D eigenvalue weighted by atomic mass is 16.5. The molecular formula is C15H18N2O3. The van der Waals surface area contributed by atoms with Gasteiger partial charge >= 0.3 is 0 Å². The van der Waals surface area contributed by atoms with Gasteiger partial charge in [0.15, 0.2) is 5.76 Å². The third-order valence-corrected chi connectivity index (χ3v) is 3.35. The second-order valence-electron chi connectivity index (χ2n) is 4.81. The molecule has 0 amide bonds. The van der Waals surface area contributed by atoms with Gasteiger partial charge in [0.2, 0.25) is 5.89 Å². The maximum Gasteiger partial charge on any atom is 0.208 e. The molecule has 0 aliphatic heterocycles. The Balaban J connectivity index is 1.87. The van der Waals surface area contributed by atoms with Gasteiger partial charge in [-0.05, 0) is 25.0 Å². The van der Waals surface area contributed by atoms with Crippen LogP contribution in [-0.2, 0) is 6.54 Å². The molecule has 1 aliphatic rings. The first-order valence-electron chi connectivity index (χ1n) is 6.71. The fourth-order valence-electron chi connectivity index (χ4n) is 2.12. The van der Waals surface area contributed by atoms with Gasteiger partial charge in [0.1, 0.15) is 17.1 Å². The SMILES string of the molecule is COc1cccc(OC)c1-c1cnc(CNC2CC2)o1. The molecule has 5 heteroatoms. The van der Waals surface area contributed by atoms with Crippen LogP contribution in [0.25, 0.3) is 11.3 Å². The van der Waals surface area contributed by atoms with Crippen molar-refractivity contribution in [1.82, 2.24) is 10.3 Å². The minimum atomic E-state index is 0.631. The van der Waals surface area contributed by atoms with Gasteiger partial charge in [0.05, 0.1) is 27.0 Å². The second-order valence-corrected chi connectivity index (χ2v) is 4.81. The van der Waals surface area contributed by atoms with E-state index in [1.165, 1.54) is 12.8 Å². The summed E-state index contributed by atoms with van der Waals surface area (Å²) in [6, 6.07) is 6.27. The van der Waals surface area contributed by atoms with Crippen LogP contribution in [0.2, 0.25) is 0 Å². The number of ether oxygens (including phenoxy) is 2. The lowest BCUT2D eigenvalue weighted by Crippen LogP contribution is -2.15. The molecule has 20 heavy (non-hydrogen) atoms. The van der Waals surface area contributed by atoms with Crippen molar-refractivity contribution in [3.63, 3.8) is 0 Å². The molecular weight excluding hydrogens is 256 g/mol. The number of aromatic nitrogens is 1. The Hall–Kier alpha value is -2.01. The van der Waals surface area contributed by atoms with Crippen LogP contribution in [0.5, 0.6) is 11.5 Å². The van der Waals surface area contributed by atoms with E-state index in [4.69, 9.17) is 13.9 Å². The first-order chi connectivity index (χ1) is 9.81. The minimum absolute atomic E-state index is 0.631. The molecule has 1 fully saturated rings. The van der Waals surface area contributed by atoms with E-state index in [1.54, 1.807) is 20.4 Å². The lowest BCUT2D eigenvalue weighted by molar-refractivity contribution is 0.393. The molecule has 0 radical (unpaired) electrons. The predicted molar refractivity (Wildman–Crippen MR) is 74.9 cm³/mol. The second kappa shape index (κ2) is 5.54. The minimum Gasteiger partial charge on any atom is -0.496 e. The molecule has 3 rings (SSSR count). The fourth-order valence-corrected chi connectivity index (χ4v) is 2.12. The molecule has 1 aromatic heterocycles. The first kappa shape index (κ1) is 13.0. The fraction of sp³-hybridized carbons (Fsp3) is 0.400. The van der Waals surface area contributed by atoms with Crippen LogP contribution in [0.1, 0.15) is 18.7 Å². The van der Waals surface area contributed by atoms with Crippen molar-refractivity contribution in [3.05, 3.63) is 30.3 Å². The summed E-state index contributed by atoms with van der Waals surface area (Å²) in [4.78, 5) is 4.30. The quantitative estimate of drug-likeness (QED) is 0.877. The topological polar surface area (TPSA) is 56.5 Å². The van der Waals surface area contributed by atoms with Gasteiger partial charge in [0, 0.05) is 6.04 Å². The summed E-state index contributed by atoms with van der Waals surface area (Å²) in [7, 11) is 3.26. The number of nitrogens with one attached hydrogen (secondary N) is 1. The molecule has 0 atom stereocenters. The number of nitrogens with zero attached hydrogens (tertiary/aromatic N) is 1. The van der Waals surface area contributed by atoms with Crippen LogP contribution in [-0.4, -0.2) is 25.2 Å². The van der Waals surface area contributed by atoms with Gasteiger partial charge in [-0.3, -0.25) is 0 Å². The van der Waals surface area contributed by atoms with E-state index in [0.29, 0.717) is 35.7 Å². The number of benzene rings is 1. The van der Waals surface area contributed by atoms with Crippen molar-refractivity contribution in [3.8, 4) is 22.8 Å². The Morgan fingerprint density at radius 3 is 2.55 bits per heavy atom. The third-order valence-electron chi connectivity index (χ3n) is 3.35. The molecule has 1 N–H and O–H groups in total. The van der Waals surface area contributed by atoms with Crippen LogP contribution >= 0.6 is 0 Å². The Bertz CT molecular complexity index is 568. The zero-order valence-corrected chi connectivity index (χ0v) is 11.7. The van der Waals surface area contributed by atoms with Gasteiger partial charge < -0.3 is 19.2 Å². The molecule has 1 heterocycles. The van der Waals surface area contributed by atoms with Crippen LogP contribution in [0, 0.1) is 0 Å². The Morgan fingerprint density at radius 2 is 1.95 bits per heavy atom. The molecule has 2 aromatic rings. The Labute approximate surface area is 117 Å². The van der Waals surface area contributed by atoms with Gasteiger partial charge in [-0.15, -0.1) is 0 Å². The van der Waals surface area contributed by atoms with Crippen molar-refractivity contribution in [1.29, 1.82) is 0 Å². The van der Waals surface area contributed by atoms with Crippen molar-refractivity contribution in [2.75, 3.05) is 14.2 Å². The summed E-state index contributed by atoms with van der Waals surface area (Å²) in [5, 5.41) is 3.38. The van der Waals surface area contributed by atoms with Gasteiger partial charge in [-0.2, -0.15) is 0 Å². The molecule has 106 valence electrons. The number of hydrogen-bond donors (Lipinski definition) is 1. The lowest BCUT2D eigenvalue weighted by atomic mass is 10.1. The molecule has 5 nitrogen and oxygen atoms in total. The average molecular weight is 274 g/mol. The number of oxazole rings is 1. The number of methoxy groups -OCH3 is 2. The third kappa shape index (κ3) is 2.63. The van der Waals surface area contributed by atoms with Crippen LogP contribution in [0.15, 0.2) is 28.8 Å². The van der Waals surface area contributed by atoms with Gasteiger partial charge in [-0.1, -0.05) is 6.07 Å². The average Bonchev–Trinajstić information content (AvgIpc) is 3.21. The van der Waals surface area contributed by atoms with Gasteiger partial charge in [-0.25, -0.2) is 4.98 Å². The number of hydrogen-bond acceptors (Lipinski definition) is 5. The lowest BCUT2D eigenvalue weighted by Gasteiger charge is -2.10. The normalized spacial score (nSPS) is 14.3. The summed E-state index contributed by atoms with van der Waals surface area (Å²) in [6.07, 6.45) is 4.20. The summed E-state index contributed by atoms with van der Waals surface area (Å²) in [5.41, 5.74) is 0.794. The van der Waals surface area contributed by atoms with Crippen LogP contribution < -0.4 is 14.8 Å². The van der Waals surface area contributed by atoms with Crippen molar-refractivity contribution >= 4 is 0 Å². The highest BCUT2D eigenvalue weighted by Crippen LogP contribution is 2.38. The molecule has 0 spiro atoms. The van der Waals surface area contributed by atoms with Crippen LogP contribution in [0.4, 0.5) is 0 Å². The van der Waals surface area contributed by atoms with E-state index < -0.39 is 0 Å². The van der Waals surface area contributed by atoms with Crippen molar-refractivity contribution in [2.24, 2.45) is 0 Å². The smallest absolute Gasteiger partial charge is 0.208 e. The Morgan fingerprint density at radius 1 is 1.25 bits per heavy atom. The molecule has 0 saturated heterocycles. The summed E-state index contributed by atoms with van der Waals surface area (Å²) in [5.74, 6) is 2.76. The Kier molecular flexibility index (Phi) is 3.60. The summed E-state index contributed by atoms with van der Waals surface area (Å²) < 4.78 is 16.6. The molecule has 0 unspecified atom stereocenters. The first-order valence-corrected chi connectivity index (χ1v) is 6.71. The highest BCUT2D eigenvalue weighted by molar-refractivity contribution is 5.72. The van der Waals surface area contributed by atoms with E-state index in [2.05, 4.69) is 10.3 Å². The van der Waals surface area contributed by atoms with Crippen molar-refractivity contribution < 1.29 is 13.9 Å². The molecule has 1 aromatic carbocycles. The van der Waals surface area contributed by atoms with Crippen molar-refractivity contribution in [2.45, 2.75) is 25.4 Å². The van der Waals surface area contributed by atoms with E-state index in [-0.39, 0.29) is 0 Å². The maximum absolute atomic E-state index is 5.80. The summed E-state index contributed by atoms with van der Waals surface area (Å²) in [6.45, 7) is 0.655. The molecule has 1 saturated carbocycles. The van der Waals surface area contributed by atoms with E-state index in [1.807, 2.05) is 18.2 Å². The predicted octanol–water partition coefficient (Wildman–Crippen LogP) is 2.61. The van der Waals surface area contributed by atoms with Gasteiger partial charge in [0.25, 0.3) is 0 Å². The largest absolute Gasteiger partial charge is 0.496 e. The van der Waals surface area contributed by atoms with Crippen LogP contribution in [0.3, 0.4) is 0 Å². The monoisotopic (exact) mass is 274 g/mol. The van der Waals surface area contributed by atoms with E-state index in [0.717, 1.165) is 5.56 Å². The zero-order chi connectivity index (χ0) is 13.9. The standard InChI is InChI=1S/C15H18N2O3/c1-18-11-4-3-5-12(19-2)15(11)13-8-17-14(20-13)9-16-10-6-7-10/h3-5,8,10,16H,6-7,9H2,1-2H3. The van der Waals surface area contributed by atoms with E-state index in [9.17, 15) is 0 Å². The number of rotatable bonds is 6. The van der Waals surface area contributed by atoms with E-state index >= 15 is 0 Å². The molecule has 1 aliphatic carbocycles. The highest BCUT2D eigenvalue weighted by Gasteiger charge is 2.22.